The van der Waals surface area contributed by atoms with Crippen molar-refractivity contribution < 1.29 is 10.2 Å². The first-order valence-corrected chi connectivity index (χ1v) is 4.63. The van der Waals surface area contributed by atoms with Crippen LogP contribution in [0.4, 0.5) is 0 Å². The molecule has 0 atom stereocenters. The highest BCUT2D eigenvalue weighted by molar-refractivity contribution is 5.28. The summed E-state index contributed by atoms with van der Waals surface area (Å²) < 4.78 is 0. The minimum Gasteiger partial charge on any atom is -0.357 e. The van der Waals surface area contributed by atoms with E-state index in [1.807, 2.05) is 6.07 Å². The lowest BCUT2D eigenvalue weighted by Crippen LogP contribution is -2.27. The van der Waals surface area contributed by atoms with Crippen molar-refractivity contribution in [2.45, 2.75) is 5.79 Å². The van der Waals surface area contributed by atoms with Gasteiger partial charge in [-0.25, -0.2) is 0 Å². The smallest absolute Gasteiger partial charge is 0.234 e. The summed E-state index contributed by atoms with van der Waals surface area (Å²) in [4.78, 5) is 3.93. The Morgan fingerprint density at radius 3 is 2.13 bits per heavy atom. The Kier molecular flexibility index (Phi) is 2.49. The van der Waals surface area contributed by atoms with Gasteiger partial charge in [-0.15, -0.1) is 0 Å². The van der Waals surface area contributed by atoms with Gasteiger partial charge in [0.1, 0.15) is 5.69 Å². The molecule has 2 N–H and O–H groups in total. The van der Waals surface area contributed by atoms with Crippen LogP contribution in [0.25, 0.3) is 0 Å². The third kappa shape index (κ3) is 1.88. The van der Waals surface area contributed by atoms with Crippen molar-refractivity contribution in [1.82, 2.24) is 4.98 Å². The molecule has 3 nitrogen and oxygen atoms in total. The molecule has 0 unspecified atom stereocenters. The van der Waals surface area contributed by atoms with Crippen LogP contribution in [0.5, 0.6) is 0 Å². The standard InChI is InChI=1S/C12H11NO2/c14-12(15,10-6-2-1-3-7-10)11-8-4-5-9-13-11/h1-9,14-15H. The van der Waals surface area contributed by atoms with Gasteiger partial charge in [0, 0.05) is 11.8 Å². The number of rotatable bonds is 2. The maximum Gasteiger partial charge on any atom is 0.234 e. The zero-order valence-corrected chi connectivity index (χ0v) is 8.04. The summed E-state index contributed by atoms with van der Waals surface area (Å²) in [6, 6.07) is 13.6. The lowest BCUT2D eigenvalue weighted by atomic mass is 10.0. The third-order valence-electron chi connectivity index (χ3n) is 2.20. The van der Waals surface area contributed by atoms with Gasteiger partial charge in [0.15, 0.2) is 0 Å². The molecule has 1 heterocycles. The van der Waals surface area contributed by atoms with Gasteiger partial charge in [0.05, 0.1) is 0 Å². The molecule has 0 saturated carbocycles. The van der Waals surface area contributed by atoms with E-state index in [0.29, 0.717) is 5.56 Å². The fraction of sp³-hybridized carbons (Fsp3) is 0.0833. The molecule has 2 rings (SSSR count). The second-order valence-corrected chi connectivity index (χ2v) is 3.25. The summed E-state index contributed by atoms with van der Waals surface area (Å²) >= 11 is 0. The summed E-state index contributed by atoms with van der Waals surface area (Å²) in [5.41, 5.74) is 0.625. The molecule has 2 aromatic rings. The molecule has 0 fully saturated rings. The van der Waals surface area contributed by atoms with Crippen molar-refractivity contribution in [3.63, 3.8) is 0 Å². The van der Waals surface area contributed by atoms with Crippen LogP contribution >= 0.6 is 0 Å². The van der Waals surface area contributed by atoms with E-state index in [1.165, 1.54) is 6.20 Å². The van der Waals surface area contributed by atoms with Crippen molar-refractivity contribution in [2.75, 3.05) is 0 Å². The Morgan fingerprint density at radius 2 is 1.53 bits per heavy atom. The van der Waals surface area contributed by atoms with Crippen LogP contribution in [0.15, 0.2) is 54.7 Å². The zero-order chi connectivity index (χ0) is 10.7. The van der Waals surface area contributed by atoms with Crippen LogP contribution in [0, 0.1) is 0 Å². The highest BCUT2D eigenvalue weighted by Crippen LogP contribution is 2.24. The SMILES string of the molecule is OC(O)(c1ccccc1)c1ccccn1. The maximum absolute atomic E-state index is 9.95. The minimum absolute atomic E-state index is 0.219. The van der Waals surface area contributed by atoms with E-state index in [1.54, 1.807) is 42.5 Å². The van der Waals surface area contributed by atoms with Gasteiger partial charge in [-0.3, -0.25) is 4.98 Å². The van der Waals surface area contributed by atoms with E-state index in [0.717, 1.165) is 0 Å². The van der Waals surface area contributed by atoms with Crippen molar-refractivity contribution in [2.24, 2.45) is 0 Å². The fourth-order valence-corrected chi connectivity index (χ4v) is 1.39. The highest BCUT2D eigenvalue weighted by atomic mass is 16.5. The van der Waals surface area contributed by atoms with E-state index >= 15 is 0 Å². The number of pyridine rings is 1. The van der Waals surface area contributed by atoms with Crippen LogP contribution in [0.1, 0.15) is 11.3 Å². The zero-order valence-electron chi connectivity index (χ0n) is 8.04. The Balaban J connectivity index is 2.44. The summed E-state index contributed by atoms with van der Waals surface area (Å²) in [5.74, 6) is -2.03. The normalized spacial score (nSPS) is 11.3. The summed E-state index contributed by atoms with van der Waals surface area (Å²) in [6.07, 6.45) is 1.53. The molecule has 0 aliphatic carbocycles. The number of hydrogen-bond donors (Lipinski definition) is 2. The molecular formula is C12H11NO2. The quantitative estimate of drug-likeness (QED) is 0.719. The predicted octanol–water partition coefficient (Wildman–Crippen LogP) is 1.27. The van der Waals surface area contributed by atoms with Gasteiger partial charge >= 0.3 is 0 Å². The molecule has 1 aromatic heterocycles. The molecule has 0 saturated heterocycles. The Labute approximate surface area is 87.7 Å². The van der Waals surface area contributed by atoms with Crippen molar-refractivity contribution in [1.29, 1.82) is 0 Å². The number of hydrogen-bond acceptors (Lipinski definition) is 3. The molecule has 0 radical (unpaired) electrons. The van der Waals surface area contributed by atoms with E-state index in [2.05, 4.69) is 4.98 Å². The van der Waals surface area contributed by atoms with Crippen LogP contribution in [0.2, 0.25) is 0 Å². The second kappa shape index (κ2) is 3.81. The average Bonchev–Trinajstić information content (AvgIpc) is 2.31. The first-order chi connectivity index (χ1) is 7.21. The van der Waals surface area contributed by atoms with Crippen LogP contribution in [-0.2, 0) is 5.79 Å². The third-order valence-corrected chi connectivity index (χ3v) is 2.20. The van der Waals surface area contributed by atoms with Crippen LogP contribution in [-0.4, -0.2) is 15.2 Å². The summed E-state index contributed by atoms with van der Waals surface area (Å²) in [6.45, 7) is 0. The lowest BCUT2D eigenvalue weighted by molar-refractivity contribution is -0.135. The van der Waals surface area contributed by atoms with Gasteiger partial charge in [-0.2, -0.15) is 0 Å². The second-order valence-electron chi connectivity index (χ2n) is 3.25. The van der Waals surface area contributed by atoms with Gasteiger partial charge in [-0.1, -0.05) is 36.4 Å². The molecule has 15 heavy (non-hydrogen) atoms. The lowest BCUT2D eigenvalue weighted by Gasteiger charge is -2.21. The minimum atomic E-state index is -2.03. The predicted molar refractivity (Wildman–Crippen MR) is 55.9 cm³/mol. The fourth-order valence-electron chi connectivity index (χ4n) is 1.39. The largest absolute Gasteiger partial charge is 0.357 e. The van der Waals surface area contributed by atoms with Crippen LogP contribution in [0.3, 0.4) is 0 Å². The van der Waals surface area contributed by atoms with E-state index in [4.69, 9.17) is 0 Å². The molecule has 1 aromatic carbocycles. The van der Waals surface area contributed by atoms with E-state index in [-0.39, 0.29) is 5.69 Å². The maximum atomic E-state index is 9.95. The molecule has 3 heteroatoms. The van der Waals surface area contributed by atoms with Gasteiger partial charge in [-0.05, 0) is 12.1 Å². The van der Waals surface area contributed by atoms with Crippen molar-refractivity contribution in [3.05, 3.63) is 66.0 Å². The molecule has 0 aliphatic heterocycles. The van der Waals surface area contributed by atoms with E-state index < -0.39 is 5.79 Å². The van der Waals surface area contributed by atoms with Crippen molar-refractivity contribution >= 4 is 0 Å². The van der Waals surface area contributed by atoms with Crippen molar-refractivity contribution in [3.8, 4) is 0 Å². The number of benzene rings is 1. The summed E-state index contributed by atoms with van der Waals surface area (Å²) in [5, 5.41) is 19.9. The number of aromatic nitrogens is 1. The molecule has 0 bridgehead atoms. The van der Waals surface area contributed by atoms with Gasteiger partial charge in [0.25, 0.3) is 0 Å². The average molecular weight is 201 g/mol. The van der Waals surface area contributed by atoms with Gasteiger partial charge < -0.3 is 10.2 Å². The number of aliphatic hydroxyl groups is 2. The molecular weight excluding hydrogens is 190 g/mol. The van der Waals surface area contributed by atoms with Gasteiger partial charge in [0.2, 0.25) is 5.79 Å². The van der Waals surface area contributed by atoms with Crippen LogP contribution < -0.4 is 0 Å². The Hall–Kier alpha value is -1.71. The number of nitrogens with zero attached hydrogens (tertiary/aromatic N) is 1. The molecule has 0 spiro atoms. The monoisotopic (exact) mass is 201 g/mol. The topological polar surface area (TPSA) is 53.4 Å². The first kappa shape index (κ1) is 9.83. The highest BCUT2D eigenvalue weighted by Gasteiger charge is 2.29. The Bertz CT molecular complexity index is 384. The first-order valence-electron chi connectivity index (χ1n) is 4.63. The van der Waals surface area contributed by atoms with E-state index in [9.17, 15) is 10.2 Å². The molecule has 0 amide bonds. The Morgan fingerprint density at radius 1 is 0.867 bits per heavy atom. The summed E-state index contributed by atoms with van der Waals surface area (Å²) in [7, 11) is 0. The molecule has 0 aliphatic rings. The molecule has 76 valence electrons.